The van der Waals surface area contributed by atoms with Crippen LogP contribution in [0.25, 0.3) is 0 Å². The first-order valence-electron chi connectivity index (χ1n) is 11.3. The average molecular weight is 509 g/mol. The Morgan fingerprint density at radius 1 is 0.972 bits per heavy atom. The number of rotatable bonds is 8. The number of benzene rings is 3. The monoisotopic (exact) mass is 508 g/mol. The summed E-state index contributed by atoms with van der Waals surface area (Å²) in [6.07, 6.45) is 0.328. The zero-order valence-corrected chi connectivity index (χ0v) is 21.0. The molecule has 3 aromatic carbocycles. The van der Waals surface area contributed by atoms with Crippen molar-refractivity contribution in [3.05, 3.63) is 90.0 Å². The van der Waals surface area contributed by atoms with Gasteiger partial charge in [0, 0.05) is 18.7 Å². The largest absolute Gasteiger partial charge is 0.497 e. The second kappa shape index (κ2) is 9.90. The molecule has 1 fully saturated rings. The molecule has 1 unspecified atom stereocenters. The minimum atomic E-state index is -4.24. The van der Waals surface area contributed by atoms with E-state index >= 15 is 0 Å². The number of aryl methyl sites for hydroxylation is 1. The topological polar surface area (TPSA) is 117 Å². The minimum absolute atomic E-state index is 0.315. The molecule has 188 valence electrons. The first kappa shape index (κ1) is 25.1. The van der Waals surface area contributed by atoms with Gasteiger partial charge in [0.05, 0.1) is 12.8 Å². The van der Waals surface area contributed by atoms with E-state index in [1.165, 1.54) is 4.90 Å². The van der Waals surface area contributed by atoms with Crippen LogP contribution < -0.4 is 24.4 Å². The van der Waals surface area contributed by atoms with Crippen LogP contribution in [-0.2, 0) is 15.0 Å². The van der Waals surface area contributed by atoms with Gasteiger partial charge in [-0.3, -0.25) is 9.52 Å². The molecule has 3 amide bonds. The van der Waals surface area contributed by atoms with Gasteiger partial charge in [-0.2, -0.15) is 8.42 Å². The molecule has 10 heteroatoms. The van der Waals surface area contributed by atoms with Crippen LogP contribution >= 0.6 is 0 Å². The second-order valence-electron chi connectivity index (χ2n) is 8.68. The lowest BCUT2D eigenvalue weighted by atomic mass is 10.0. The van der Waals surface area contributed by atoms with Gasteiger partial charge in [-0.15, -0.1) is 0 Å². The summed E-state index contributed by atoms with van der Waals surface area (Å²) in [6, 6.07) is 22.1. The number of hydrogen-bond acceptors (Lipinski definition) is 5. The van der Waals surface area contributed by atoms with Crippen molar-refractivity contribution in [3.63, 3.8) is 0 Å². The first-order valence-corrected chi connectivity index (χ1v) is 12.8. The molecule has 0 aromatic heterocycles. The molecule has 36 heavy (non-hydrogen) atoms. The minimum Gasteiger partial charge on any atom is -0.497 e. The number of amides is 3. The Labute approximate surface area is 210 Å². The predicted molar refractivity (Wildman–Crippen MR) is 138 cm³/mol. The number of carbonyl (C=O) groups excluding carboxylic acids is 2. The number of likely N-dealkylation sites (N-methyl/N-ethyl adjacent to an activating group) is 1. The van der Waals surface area contributed by atoms with E-state index in [1.807, 2.05) is 35.1 Å². The zero-order valence-electron chi connectivity index (χ0n) is 20.2. The Bertz CT molecular complexity index is 1360. The number of ether oxygens (including phenoxy) is 1. The third kappa shape index (κ3) is 5.28. The highest BCUT2D eigenvalue weighted by Gasteiger charge is 2.63. The van der Waals surface area contributed by atoms with E-state index in [-0.39, 0.29) is 11.8 Å². The summed E-state index contributed by atoms with van der Waals surface area (Å²) in [5, 5.41) is 2.66. The smallest absolute Gasteiger partial charge is 0.330 e. The molecule has 9 nitrogen and oxygen atoms in total. The fourth-order valence-electron chi connectivity index (χ4n) is 4.21. The van der Waals surface area contributed by atoms with E-state index < -0.39 is 21.8 Å². The van der Waals surface area contributed by atoms with E-state index in [1.54, 1.807) is 69.6 Å². The second-order valence-corrected chi connectivity index (χ2v) is 10.1. The van der Waals surface area contributed by atoms with Crippen LogP contribution in [0, 0.1) is 6.92 Å². The molecule has 0 radical (unpaired) electrons. The molecule has 4 rings (SSSR count). The van der Waals surface area contributed by atoms with Crippen molar-refractivity contribution < 1.29 is 22.7 Å². The number of nitrogens with zero attached hydrogens (tertiary/aromatic N) is 1. The maximum absolute atomic E-state index is 13.7. The number of urea groups is 1. The summed E-state index contributed by atoms with van der Waals surface area (Å²) in [7, 11) is -1.07. The molecule has 3 N–H and O–H groups in total. The molecule has 3 aromatic rings. The SMILES string of the molecule is COc1ccc(N(C)C(=O)[C@]2(NC(=O)NS(=O)(=O)Nc3ccccc3C)CC2c2ccccc2)cc1. The van der Waals surface area contributed by atoms with Gasteiger partial charge in [-0.1, -0.05) is 48.5 Å². The van der Waals surface area contributed by atoms with Crippen LogP contribution in [0.2, 0.25) is 0 Å². The van der Waals surface area contributed by atoms with Gasteiger partial charge in [-0.25, -0.2) is 9.52 Å². The van der Waals surface area contributed by atoms with Crippen LogP contribution in [-0.4, -0.2) is 40.1 Å². The molecule has 0 bridgehead atoms. The third-order valence-electron chi connectivity index (χ3n) is 6.26. The molecular formula is C26H28N4O5S. The lowest BCUT2D eigenvalue weighted by Gasteiger charge is -2.26. The van der Waals surface area contributed by atoms with E-state index in [0.717, 1.165) is 5.56 Å². The van der Waals surface area contributed by atoms with Crippen molar-refractivity contribution in [2.75, 3.05) is 23.8 Å². The van der Waals surface area contributed by atoms with Gasteiger partial charge in [0.15, 0.2) is 0 Å². The van der Waals surface area contributed by atoms with Crippen LogP contribution in [0.15, 0.2) is 78.9 Å². The number of methoxy groups -OCH3 is 1. The van der Waals surface area contributed by atoms with E-state index in [0.29, 0.717) is 29.1 Å². The molecule has 1 aliphatic rings. The summed E-state index contributed by atoms with van der Waals surface area (Å²) in [6.45, 7) is 1.75. The van der Waals surface area contributed by atoms with Crippen LogP contribution in [0.1, 0.15) is 23.5 Å². The number of hydrogen-bond donors (Lipinski definition) is 3. The Hall–Kier alpha value is -4.05. The maximum atomic E-state index is 13.7. The van der Waals surface area contributed by atoms with E-state index in [2.05, 4.69) is 10.0 Å². The first-order chi connectivity index (χ1) is 17.1. The summed E-state index contributed by atoms with van der Waals surface area (Å²) in [5.41, 5.74) is 1.21. The third-order valence-corrected chi connectivity index (χ3v) is 7.20. The quantitative estimate of drug-likeness (QED) is 0.430. The molecule has 1 saturated carbocycles. The Kier molecular flexibility index (Phi) is 6.89. The van der Waals surface area contributed by atoms with Crippen molar-refractivity contribution in [3.8, 4) is 5.75 Å². The highest BCUT2D eigenvalue weighted by molar-refractivity contribution is 7.91. The van der Waals surface area contributed by atoms with Crippen LogP contribution in [0.4, 0.5) is 16.2 Å². The van der Waals surface area contributed by atoms with Gasteiger partial charge in [0.2, 0.25) is 0 Å². The highest BCUT2D eigenvalue weighted by Crippen LogP contribution is 2.52. The van der Waals surface area contributed by atoms with E-state index in [4.69, 9.17) is 4.74 Å². The summed E-state index contributed by atoms with van der Waals surface area (Å²) < 4.78 is 34.7. The van der Waals surface area contributed by atoms with Crippen LogP contribution in [0.5, 0.6) is 5.75 Å². The van der Waals surface area contributed by atoms with Crippen molar-refractivity contribution in [1.29, 1.82) is 0 Å². The fourth-order valence-corrected chi connectivity index (χ4v) is 5.07. The van der Waals surface area contributed by atoms with Crippen LogP contribution in [0.3, 0.4) is 0 Å². The summed E-state index contributed by atoms with van der Waals surface area (Å²) in [5.74, 6) is -0.0302. The lowest BCUT2D eigenvalue weighted by molar-refractivity contribution is -0.121. The normalized spacial score (nSPS) is 18.6. The number of carbonyl (C=O) groups is 2. The summed E-state index contributed by atoms with van der Waals surface area (Å²) >= 11 is 0. The molecule has 0 spiro atoms. The predicted octanol–water partition coefficient (Wildman–Crippen LogP) is 3.55. The Morgan fingerprint density at radius 2 is 1.61 bits per heavy atom. The molecule has 0 aliphatic heterocycles. The lowest BCUT2D eigenvalue weighted by Crippen LogP contribution is -2.55. The van der Waals surface area contributed by atoms with Gasteiger partial charge < -0.3 is 15.0 Å². The number of anilines is 2. The Morgan fingerprint density at radius 3 is 2.25 bits per heavy atom. The molecule has 1 aliphatic carbocycles. The summed E-state index contributed by atoms with van der Waals surface area (Å²) in [4.78, 5) is 28.0. The number of nitrogens with one attached hydrogen (secondary N) is 3. The van der Waals surface area contributed by atoms with Crippen molar-refractivity contribution in [2.45, 2.75) is 24.8 Å². The van der Waals surface area contributed by atoms with Crippen molar-refractivity contribution in [1.82, 2.24) is 10.0 Å². The molecular weight excluding hydrogens is 480 g/mol. The standard InChI is InChI=1S/C26H28N4O5S/c1-18-9-7-8-12-23(18)28-36(33,34)29-25(32)27-26(17-22(26)19-10-5-4-6-11-19)24(31)30(2)20-13-15-21(35-3)16-14-20/h4-16,22,28H,17H2,1-3H3,(H2,27,29,32)/t22?,26-/m0/s1. The van der Waals surface area contributed by atoms with Gasteiger partial charge in [0.25, 0.3) is 5.91 Å². The zero-order chi connectivity index (χ0) is 25.9. The van der Waals surface area contributed by atoms with Gasteiger partial charge in [0.1, 0.15) is 11.3 Å². The molecule has 2 atom stereocenters. The fraction of sp³-hybridized carbons (Fsp3) is 0.231. The number of para-hydroxylation sites is 1. The average Bonchev–Trinajstić information content (AvgIpc) is 3.59. The van der Waals surface area contributed by atoms with Gasteiger partial charge in [-0.05, 0) is 54.8 Å². The highest BCUT2D eigenvalue weighted by atomic mass is 32.2. The van der Waals surface area contributed by atoms with Gasteiger partial charge >= 0.3 is 16.2 Å². The Balaban J connectivity index is 1.55. The molecule has 0 heterocycles. The molecule has 0 saturated heterocycles. The maximum Gasteiger partial charge on any atom is 0.330 e. The van der Waals surface area contributed by atoms with Crippen molar-refractivity contribution in [2.24, 2.45) is 0 Å². The van der Waals surface area contributed by atoms with Crippen molar-refractivity contribution >= 4 is 33.5 Å². The van der Waals surface area contributed by atoms with E-state index in [9.17, 15) is 18.0 Å².